The first-order valence-corrected chi connectivity index (χ1v) is 9.79. The van der Waals surface area contributed by atoms with E-state index in [4.69, 9.17) is 0 Å². The van der Waals surface area contributed by atoms with Crippen LogP contribution in [0.2, 0.25) is 0 Å². The molecule has 0 spiro atoms. The maximum Gasteiger partial charge on any atom is 0.224 e. The van der Waals surface area contributed by atoms with Gasteiger partial charge in [0, 0.05) is 25.4 Å². The Kier molecular flexibility index (Phi) is 5.94. The Balaban J connectivity index is 1.55. The van der Waals surface area contributed by atoms with Crippen molar-refractivity contribution in [1.82, 2.24) is 15.0 Å². The summed E-state index contributed by atoms with van der Waals surface area (Å²) in [5, 5.41) is 6.37. The highest BCUT2D eigenvalue weighted by Gasteiger charge is 2.12. The van der Waals surface area contributed by atoms with Gasteiger partial charge in [0.1, 0.15) is 11.6 Å². The van der Waals surface area contributed by atoms with Crippen molar-refractivity contribution in [3.05, 3.63) is 90.4 Å². The Labute approximate surface area is 175 Å². The molecule has 0 unspecified atom stereocenters. The molecule has 4 rings (SSSR count). The lowest BCUT2D eigenvalue weighted by molar-refractivity contribution is 0.631. The second-order valence-corrected chi connectivity index (χ2v) is 6.76. The van der Waals surface area contributed by atoms with Crippen molar-refractivity contribution >= 4 is 11.8 Å². The summed E-state index contributed by atoms with van der Waals surface area (Å²) in [6.45, 7) is 0.730. The van der Waals surface area contributed by atoms with Gasteiger partial charge < -0.3 is 10.6 Å². The number of hydrogen-bond acceptors (Lipinski definition) is 5. The van der Waals surface area contributed by atoms with E-state index in [-0.39, 0.29) is 5.82 Å². The maximum atomic E-state index is 14.2. The van der Waals surface area contributed by atoms with E-state index in [0.29, 0.717) is 28.7 Å². The van der Waals surface area contributed by atoms with E-state index < -0.39 is 0 Å². The second-order valence-electron chi connectivity index (χ2n) is 6.76. The smallest absolute Gasteiger partial charge is 0.224 e. The largest absolute Gasteiger partial charge is 0.372 e. The number of hydrogen-bond donors (Lipinski definition) is 2. The van der Waals surface area contributed by atoms with Gasteiger partial charge in [-0.25, -0.2) is 14.4 Å². The zero-order chi connectivity index (χ0) is 20.8. The van der Waals surface area contributed by atoms with Gasteiger partial charge in [-0.2, -0.15) is 4.98 Å². The van der Waals surface area contributed by atoms with Gasteiger partial charge in [0.25, 0.3) is 0 Å². The van der Waals surface area contributed by atoms with Crippen LogP contribution in [0.5, 0.6) is 0 Å². The predicted molar refractivity (Wildman–Crippen MR) is 119 cm³/mol. The monoisotopic (exact) mass is 399 g/mol. The van der Waals surface area contributed by atoms with E-state index >= 15 is 0 Å². The van der Waals surface area contributed by atoms with Crippen molar-refractivity contribution in [3.63, 3.8) is 0 Å². The molecule has 0 aliphatic carbocycles. The van der Waals surface area contributed by atoms with Gasteiger partial charge in [-0.3, -0.25) is 0 Å². The zero-order valence-electron chi connectivity index (χ0n) is 16.6. The van der Waals surface area contributed by atoms with Gasteiger partial charge in [0.15, 0.2) is 0 Å². The summed E-state index contributed by atoms with van der Waals surface area (Å²) in [6.07, 6.45) is 2.62. The van der Waals surface area contributed by atoms with Crippen LogP contribution in [0, 0.1) is 5.82 Å². The molecule has 0 saturated carbocycles. The number of nitrogens with zero attached hydrogens (tertiary/aromatic N) is 3. The standard InChI is InChI=1S/C24H22FN5/c1-26-23-19(16-28-24(30-23)27-15-14-17-8-3-2-4-9-17)22-13-7-12-21(29-22)18-10-5-6-11-20(18)25/h2-13,16H,14-15H2,1H3,(H2,26,27,28,30). The van der Waals surface area contributed by atoms with E-state index in [9.17, 15) is 4.39 Å². The number of pyridine rings is 1. The van der Waals surface area contributed by atoms with Crippen LogP contribution in [-0.4, -0.2) is 28.5 Å². The number of aromatic nitrogens is 3. The molecular weight excluding hydrogens is 377 g/mol. The number of halogens is 1. The molecule has 0 aliphatic heterocycles. The molecule has 5 nitrogen and oxygen atoms in total. The molecule has 0 fully saturated rings. The SMILES string of the molecule is CNc1nc(NCCc2ccccc2)ncc1-c1cccc(-c2ccccc2F)n1. The molecule has 4 aromatic rings. The lowest BCUT2D eigenvalue weighted by Gasteiger charge is -2.12. The molecule has 0 saturated heterocycles. The fourth-order valence-corrected chi connectivity index (χ4v) is 3.21. The third-order valence-electron chi connectivity index (χ3n) is 4.74. The van der Waals surface area contributed by atoms with Crippen LogP contribution >= 0.6 is 0 Å². The van der Waals surface area contributed by atoms with Gasteiger partial charge in [-0.05, 0) is 36.2 Å². The average Bonchev–Trinajstić information content (AvgIpc) is 2.80. The molecule has 30 heavy (non-hydrogen) atoms. The van der Waals surface area contributed by atoms with E-state index in [0.717, 1.165) is 18.5 Å². The highest BCUT2D eigenvalue weighted by atomic mass is 19.1. The number of benzene rings is 2. The highest BCUT2D eigenvalue weighted by Crippen LogP contribution is 2.28. The van der Waals surface area contributed by atoms with Crippen LogP contribution < -0.4 is 10.6 Å². The fraction of sp³-hybridized carbons (Fsp3) is 0.125. The molecular formula is C24H22FN5. The Bertz CT molecular complexity index is 1130. The summed E-state index contributed by atoms with van der Waals surface area (Å²) in [6, 6.07) is 22.4. The third kappa shape index (κ3) is 4.43. The summed E-state index contributed by atoms with van der Waals surface area (Å²) in [5.74, 6) is 0.903. The van der Waals surface area contributed by atoms with E-state index in [1.807, 2.05) is 30.3 Å². The Morgan fingerprint density at radius 2 is 1.53 bits per heavy atom. The van der Waals surface area contributed by atoms with E-state index in [1.54, 1.807) is 37.5 Å². The Morgan fingerprint density at radius 3 is 2.30 bits per heavy atom. The first-order chi connectivity index (χ1) is 14.7. The van der Waals surface area contributed by atoms with Crippen LogP contribution in [-0.2, 0) is 6.42 Å². The van der Waals surface area contributed by atoms with Gasteiger partial charge >= 0.3 is 0 Å². The minimum absolute atomic E-state index is 0.301. The summed E-state index contributed by atoms with van der Waals surface area (Å²) < 4.78 is 14.2. The van der Waals surface area contributed by atoms with Crippen LogP contribution in [0.4, 0.5) is 16.2 Å². The van der Waals surface area contributed by atoms with Crippen LogP contribution in [0.15, 0.2) is 79.0 Å². The second kappa shape index (κ2) is 9.13. The quantitative estimate of drug-likeness (QED) is 0.456. The molecule has 2 heterocycles. The zero-order valence-corrected chi connectivity index (χ0v) is 16.6. The third-order valence-corrected chi connectivity index (χ3v) is 4.74. The number of nitrogens with one attached hydrogen (secondary N) is 2. The van der Waals surface area contributed by atoms with Gasteiger partial charge in [0.2, 0.25) is 5.95 Å². The number of anilines is 2. The summed E-state index contributed by atoms with van der Waals surface area (Å²) in [7, 11) is 1.81. The average molecular weight is 399 g/mol. The fourth-order valence-electron chi connectivity index (χ4n) is 3.21. The van der Waals surface area contributed by atoms with Crippen molar-refractivity contribution in [1.29, 1.82) is 0 Å². The molecule has 150 valence electrons. The maximum absolute atomic E-state index is 14.2. The summed E-state index contributed by atoms with van der Waals surface area (Å²) in [4.78, 5) is 13.6. The minimum atomic E-state index is -0.301. The van der Waals surface area contributed by atoms with Gasteiger partial charge in [-0.1, -0.05) is 48.5 Å². The molecule has 2 aromatic carbocycles. The Morgan fingerprint density at radius 1 is 0.800 bits per heavy atom. The summed E-state index contributed by atoms with van der Waals surface area (Å²) >= 11 is 0. The Hall–Kier alpha value is -3.80. The van der Waals surface area contributed by atoms with E-state index in [2.05, 4.69) is 37.7 Å². The van der Waals surface area contributed by atoms with Crippen molar-refractivity contribution in [3.8, 4) is 22.5 Å². The molecule has 0 atom stereocenters. The predicted octanol–water partition coefficient (Wildman–Crippen LogP) is 5.04. The molecule has 0 amide bonds. The topological polar surface area (TPSA) is 62.7 Å². The lowest BCUT2D eigenvalue weighted by atomic mass is 10.1. The van der Waals surface area contributed by atoms with Crippen molar-refractivity contribution in [2.24, 2.45) is 0 Å². The first kappa shape index (κ1) is 19.5. The van der Waals surface area contributed by atoms with Crippen molar-refractivity contribution in [2.45, 2.75) is 6.42 Å². The van der Waals surface area contributed by atoms with E-state index in [1.165, 1.54) is 11.6 Å². The van der Waals surface area contributed by atoms with Gasteiger partial charge in [-0.15, -0.1) is 0 Å². The first-order valence-electron chi connectivity index (χ1n) is 9.79. The lowest BCUT2D eigenvalue weighted by Crippen LogP contribution is -2.09. The molecule has 2 aromatic heterocycles. The molecule has 2 N–H and O–H groups in total. The van der Waals surface area contributed by atoms with Crippen molar-refractivity contribution < 1.29 is 4.39 Å². The summed E-state index contributed by atoms with van der Waals surface area (Å²) in [5.41, 5.74) is 3.72. The molecule has 6 heteroatoms. The molecule has 0 radical (unpaired) electrons. The highest BCUT2D eigenvalue weighted by molar-refractivity contribution is 5.74. The minimum Gasteiger partial charge on any atom is -0.372 e. The van der Waals surface area contributed by atoms with Gasteiger partial charge in [0.05, 0.1) is 17.0 Å². The van der Waals surface area contributed by atoms with Crippen LogP contribution in [0.25, 0.3) is 22.5 Å². The van der Waals surface area contributed by atoms with Crippen LogP contribution in [0.3, 0.4) is 0 Å². The normalized spacial score (nSPS) is 10.6. The molecule has 0 bridgehead atoms. The number of rotatable bonds is 7. The molecule has 0 aliphatic rings. The van der Waals surface area contributed by atoms with Crippen molar-refractivity contribution in [2.75, 3.05) is 24.2 Å². The van der Waals surface area contributed by atoms with Crippen LogP contribution in [0.1, 0.15) is 5.56 Å².